The van der Waals surface area contributed by atoms with Gasteiger partial charge in [-0.15, -0.1) is 0 Å². The van der Waals surface area contributed by atoms with E-state index in [1.54, 1.807) is 25.2 Å². The van der Waals surface area contributed by atoms with Crippen LogP contribution in [0, 0.1) is 11.6 Å². The van der Waals surface area contributed by atoms with Crippen LogP contribution in [-0.4, -0.2) is 22.8 Å². The zero-order valence-electron chi connectivity index (χ0n) is 14.0. The molecule has 7 heteroatoms. The van der Waals surface area contributed by atoms with Crippen molar-refractivity contribution in [1.29, 1.82) is 0 Å². The van der Waals surface area contributed by atoms with Gasteiger partial charge in [-0.05, 0) is 29.8 Å². The van der Waals surface area contributed by atoms with Gasteiger partial charge >= 0.3 is 0 Å². The summed E-state index contributed by atoms with van der Waals surface area (Å²) < 4.78 is 36.6. The van der Waals surface area contributed by atoms with Gasteiger partial charge in [0.05, 0.1) is 0 Å². The normalized spacial score (nSPS) is 10.6. The second-order valence-corrected chi connectivity index (χ2v) is 5.66. The van der Waals surface area contributed by atoms with Gasteiger partial charge in [0.15, 0.2) is 12.3 Å². The number of halogens is 2. The molecule has 0 atom stereocenters. The number of hydrogen-bond acceptors (Lipinski definition) is 4. The van der Waals surface area contributed by atoms with E-state index in [-0.39, 0.29) is 29.9 Å². The molecule has 1 amide bonds. The van der Waals surface area contributed by atoms with Crippen molar-refractivity contribution >= 4 is 5.91 Å². The quantitative estimate of drug-likeness (QED) is 0.672. The molecule has 0 saturated heterocycles. The van der Waals surface area contributed by atoms with Crippen molar-refractivity contribution in [3.05, 3.63) is 83.6 Å². The third kappa shape index (κ3) is 4.44. The summed E-state index contributed by atoms with van der Waals surface area (Å²) in [7, 11) is 1.61. The van der Waals surface area contributed by atoms with E-state index >= 15 is 0 Å². The average molecular weight is 358 g/mol. The van der Waals surface area contributed by atoms with Crippen LogP contribution in [0.5, 0.6) is 5.75 Å². The first kappa shape index (κ1) is 17.6. The average Bonchev–Trinajstić information content (AvgIpc) is 3.10. The van der Waals surface area contributed by atoms with Crippen molar-refractivity contribution in [1.82, 2.24) is 9.88 Å². The minimum absolute atomic E-state index is 0.0294. The summed E-state index contributed by atoms with van der Waals surface area (Å²) in [5.74, 6) is -0.539. The van der Waals surface area contributed by atoms with Crippen LogP contribution in [0.15, 0.2) is 59.2 Å². The highest BCUT2D eigenvalue weighted by Crippen LogP contribution is 2.15. The molecule has 0 aliphatic rings. The highest BCUT2D eigenvalue weighted by atomic mass is 19.1. The molecule has 3 aromatic rings. The molecule has 0 fully saturated rings. The number of nitrogens with zero attached hydrogens (tertiary/aromatic N) is 2. The molecule has 5 nitrogen and oxygen atoms in total. The smallest absolute Gasteiger partial charge is 0.275 e. The maximum absolute atomic E-state index is 13.1. The number of benzene rings is 2. The minimum atomic E-state index is -0.409. The van der Waals surface area contributed by atoms with Crippen LogP contribution in [-0.2, 0) is 13.2 Å². The second kappa shape index (κ2) is 7.77. The van der Waals surface area contributed by atoms with Gasteiger partial charge in [-0.3, -0.25) is 4.79 Å². The van der Waals surface area contributed by atoms with E-state index in [9.17, 15) is 13.6 Å². The molecular weight excluding hydrogens is 342 g/mol. The lowest BCUT2D eigenvalue weighted by Gasteiger charge is -2.15. The Labute approximate surface area is 148 Å². The summed E-state index contributed by atoms with van der Waals surface area (Å²) in [4.78, 5) is 17.9. The van der Waals surface area contributed by atoms with E-state index in [1.807, 2.05) is 0 Å². The summed E-state index contributed by atoms with van der Waals surface area (Å²) in [6.45, 7) is 0.277. The molecule has 0 spiro atoms. The van der Waals surface area contributed by atoms with Crippen molar-refractivity contribution in [2.45, 2.75) is 13.2 Å². The monoisotopic (exact) mass is 358 g/mol. The number of aromatic nitrogens is 1. The lowest BCUT2D eigenvalue weighted by atomic mass is 10.2. The second-order valence-electron chi connectivity index (χ2n) is 5.66. The first-order valence-corrected chi connectivity index (χ1v) is 7.84. The third-order valence-electron chi connectivity index (χ3n) is 3.61. The van der Waals surface area contributed by atoms with E-state index in [2.05, 4.69) is 4.98 Å². The Morgan fingerprint density at radius 1 is 1.15 bits per heavy atom. The van der Waals surface area contributed by atoms with E-state index in [1.165, 1.54) is 41.5 Å². The van der Waals surface area contributed by atoms with Gasteiger partial charge in [0.1, 0.15) is 23.6 Å². The molecule has 0 aliphatic heterocycles. The maximum Gasteiger partial charge on any atom is 0.275 e. The predicted molar refractivity (Wildman–Crippen MR) is 89.4 cm³/mol. The number of hydrogen-bond donors (Lipinski definition) is 0. The summed E-state index contributed by atoms with van der Waals surface area (Å²) in [5, 5.41) is 0. The van der Waals surface area contributed by atoms with Gasteiger partial charge in [-0.2, -0.15) is 0 Å². The maximum atomic E-state index is 13.1. The van der Waals surface area contributed by atoms with Crippen molar-refractivity contribution in [2.24, 2.45) is 0 Å². The van der Waals surface area contributed by atoms with Gasteiger partial charge in [-0.25, -0.2) is 13.8 Å². The number of carbonyl (C=O) groups excluding carboxylic acids is 1. The number of ether oxygens (including phenoxy) is 1. The molecule has 0 aliphatic carbocycles. The highest BCUT2D eigenvalue weighted by molar-refractivity contribution is 5.91. The van der Waals surface area contributed by atoms with Crippen LogP contribution in [0.1, 0.15) is 21.9 Å². The van der Waals surface area contributed by atoms with Gasteiger partial charge < -0.3 is 14.1 Å². The summed E-state index contributed by atoms with van der Waals surface area (Å²) in [6, 6.07) is 11.6. The van der Waals surface area contributed by atoms with Crippen molar-refractivity contribution in [2.75, 3.05) is 7.05 Å². The molecule has 0 unspecified atom stereocenters. The Kier molecular flexibility index (Phi) is 5.26. The van der Waals surface area contributed by atoms with Crippen molar-refractivity contribution in [3.8, 4) is 5.75 Å². The minimum Gasteiger partial charge on any atom is -0.484 e. The van der Waals surface area contributed by atoms with Crippen LogP contribution >= 0.6 is 0 Å². The van der Waals surface area contributed by atoms with Crippen LogP contribution in [0.25, 0.3) is 0 Å². The van der Waals surface area contributed by atoms with Gasteiger partial charge in [-0.1, -0.05) is 18.2 Å². The fraction of sp³-hybridized carbons (Fsp3) is 0.158. The summed E-state index contributed by atoms with van der Waals surface area (Å²) in [6.07, 6.45) is 1.24. The molecule has 0 saturated carbocycles. The lowest BCUT2D eigenvalue weighted by molar-refractivity contribution is 0.0779. The number of amides is 1. The standard InChI is InChI=1S/C19H16F2N2O3/c1-23(10-13-5-7-14(20)8-6-13)19(24)17-11-26-18(22-17)12-25-16-4-2-3-15(21)9-16/h2-9,11H,10,12H2,1H3. The fourth-order valence-corrected chi connectivity index (χ4v) is 2.31. The number of rotatable bonds is 6. The van der Waals surface area contributed by atoms with Gasteiger partial charge in [0, 0.05) is 19.7 Å². The third-order valence-corrected chi connectivity index (χ3v) is 3.61. The molecule has 1 aromatic heterocycles. The molecule has 1 heterocycles. The van der Waals surface area contributed by atoms with Crippen LogP contribution in [0.3, 0.4) is 0 Å². The van der Waals surface area contributed by atoms with E-state index in [0.29, 0.717) is 12.3 Å². The molecule has 0 radical (unpaired) electrons. The fourth-order valence-electron chi connectivity index (χ4n) is 2.31. The molecule has 0 bridgehead atoms. The molecular formula is C19H16F2N2O3. The van der Waals surface area contributed by atoms with E-state index in [0.717, 1.165) is 5.56 Å². The SMILES string of the molecule is CN(Cc1ccc(F)cc1)C(=O)c1coc(COc2cccc(F)c2)n1. The lowest BCUT2D eigenvalue weighted by Crippen LogP contribution is -2.26. The van der Waals surface area contributed by atoms with Crippen LogP contribution in [0.2, 0.25) is 0 Å². The van der Waals surface area contributed by atoms with Crippen LogP contribution in [0.4, 0.5) is 8.78 Å². The Morgan fingerprint density at radius 2 is 1.92 bits per heavy atom. The Morgan fingerprint density at radius 3 is 2.65 bits per heavy atom. The number of oxazole rings is 1. The topological polar surface area (TPSA) is 55.6 Å². The van der Waals surface area contributed by atoms with Crippen LogP contribution < -0.4 is 4.74 Å². The summed E-state index contributed by atoms with van der Waals surface area (Å²) in [5.41, 5.74) is 0.924. The molecule has 2 aromatic carbocycles. The Balaban J connectivity index is 1.59. The van der Waals surface area contributed by atoms with Crippen molar-refractivity contribution < 1.29 is 22.7 Å². The zero-order chi connectivity index (χ0) is 18.5. The molecule has 26 heavy (non-hydrogen) atoms. The van der Waals surface area contributed by atoms with Gasteiger partial charge in [0.2, 0.25) is 5.89 Å². The Bertz CT molecular complexity index is 894. The van der Waals surface area contributed by atoms with Crippen molar-refractivity contribution in [3.63, 3.8) is 0 Å². The summed E-state index contributed by atoms with van der Waals surface area (Å²) >= 11 is 0. The largest absolute Gasteiger partial charge is 0.484 e. The molecule has 134 valence electrons. The van der Waals surface area contributed by atoms with E-state index < -0.39 is 5.82 Å². The molecule has 3 rings (SSSR count). The predicted octanol–water partition coefficient (Wildman–Crippen LogP) is 3.80. The first-order valence-electron chi connectivity index (χ1n) is 7.84. The number of carbonyl (C=O) groups is 1. The van der Waals surface area contributed by atoms with E-state index in [4.69, 9.17) is 9.15 Å². The zero-order valence-corrected chi connectivity index (χ0v) is 14.0. The first-order chi connectivity index (χ1) is 12.5. The highest BCUT2D eigenvalue weighted by Gasteiger charge is 2.17. The Hall–Kier alpha value is -3.22. The molecule has 0 N–H and O–H groups in total. The van der Waals surface area contributed by atoms with Gasteiger partial charge in [0.25, 0.3) is 5.91 Å².